The van der Waals surface area contributed by atoms with E-state index in [0.29, 0.717) is 5.56 Å². The molecule has 0 spiro atoms. The van der Waals surface area contributed by atoms with Gasteiger partial charge < -0.3 is 62.4 Å². The third-order valence-corrected chi connectivity index (χ3v) is 5.35. The lowest BCUT2D eigenvalue weighted by atomic mass is 9.99. The summed E-state index contributed by atoms with van der Waals surface area (Å²) in [7, 11) is 1.36. The zero-order chi connectivity index (χ0) is 23.9. The number of phenolic OH excluding ortho intramolecular Hbond substituents is 3. The van der Waals surface area contributed by atoms with Gasteiger partial charge in [0.25, 0.3) is 0 Å². The van der Waals surface area contributed by atoms with Gasteiger partial charge in [0.1, 0.15) is 41.3 Å². The van der Waals surface area contributed by atoms with E-state index in [2.05, 4.69) is 0 Å². The van der Waals surface area contributed by atoms with Gasteiger partial charge in [-0.05, 0) is 12.1 Å². The van der Waals surface area contributed by atoms with Crippen molar-refractivity contribution in [2.24, 2.45) is 0 Å². The van der Waals surface area contributed by atoms with E-state index in [1.807, 2.05) is 0 Å². The fourth-order valence-electron chi connectivity index (χ4n) is 3.58. The fourth-order valence-corrected chi connectivity index (χ4v) is 3.58. The summed E-state index contributed by atoms with van der Waals surface area (Å²) < 4.78 is 22.2. The van der Waals surface area contributed by atoms with Crippen molar-refractivity contribution in [3.8, 4) is 40.1 Å². The summed E-state index contributed by atoms with van der Waals surface area (Å²) in [4.78, 5) is 0. The molecule has 1 fully saturated rings. The molecule has 0 bridgehead atoms. The van der Waals surface area contributed by atoms with Crippen molar-refractivity contribution in [3.63, 3.8) is 0 Å². The molecular weight excluding hydrogens is 476 g/mol. The number of rotatable bonds is 5. The van der Waals surface area contributed by atoms with Crippen LogP contribution in [0.3, 0.4) is 0 Å². The number of hydrogen-bond donors (Lipinski definition) is 7. The Kier molecular flexibility index (Phi) is 7.56. The number of halogens is 1. The zero-order valence-corrected chi connectivity index (χ0v) is 18.5. The molecule has 1 aromatic heterocycles. The number of aliphatic hydroxyl groups is 4. The average Bonchev–Trinajstić information content (AvgIpc) is 2.79. The zero-order valence-electron chi connectivity index (χ0n) is 17.7. The van der Waals surface area contributed by atoms with E-state index >= 15 is 0 Å². The summed E-state index contributed by atoms with van der Waals surface area (Å²) in [5.74, 6) is -0.583. The van der Waals surface area contributed by atoms with Crippen LogP contribution in [0.15, 0.2) is 40.8 Å². The highest BCUT2D eigenvalue weighted by atomic mass is 35.5. The van der Waals surface area contributed by atoms with E-state index in [9.17, 15) is 35.7 Å². The Balaban J connectivity index is 0.00000324. The number of hydrogen-bond acceptors (Lipinski definition) is 10. The predicted molar refractivity (Wildman–Crippen MR) is 112 cm³/mol. The Morgan fingerprint density at radius 2 is 1.65 bits per heavy atom. The van der Waals surface area contributed by atoms with Gasteiger partial charge in [0.05, 0.1) is 25.3 Å². The molecule has 0 amide bonds. The van der Waals surface area contributed by atoms with Gasteiger partial charge in [-0.15, -0.1) is 0 Å². The fraction of sp³-hybridized carbons (Fsp3) is 0.318. The van der Waals surface area contributed by atoms with Crippen LogP contribution in [0, 0.1) is 0 Å². The molecule has 1 aliphatic rings. The molecule has 3 aromatic rings. The summed E-state index contributed by atoms with van der Waals surface area (Å²) in [5.41, 5.74) is 0.449. The Bertz CT molecular complexity index is 1170. The molecule has 1 aliphatic heterocycles. The highest BCUT2D eigenvalue weighted by Gasteiger charge is 2.45. The van der Waals surface area contributed by atoms with Crippen LogP contribution in [0.1, 0.15) is 0 Å². The van der Waals surface area contributed by atoms with Gasteiger partial charge in [-0.1, -0.05) is 0 Å². The van der Waals surface area contributed by atoms with Crippen LogP contribution in [0.2, 0.25) is 0 Å². The first-order valence-corrected chi connectivity index (χ1v) is 9.91. The van der Waals surface area contributed by atoms with Crippen molar-refractivity contribution in [1.82, 2.24) is 0 Å². The molecule has 1 saturated heterocycles. The molecule has 34 heavy (non-hydrogen) atoms. The summed E-state index contributed by atoms with van der Waals surface area (Å²) in [6, 6.07) is 8.02. The molecule has 12 heteroatoms. The van der Waals surface area contributed by atoms with E-state index < -0.39 is 37.3 Å². The van der Waals surface area contributed by atoms with E-state index in [1.165, 1.54) is 37.4 Å². The van der Waals surface area contributed by atoms with E-state index in [-0.39, 0.29) is 57.9 Å². The number of aromatic hydroxyl groups is 3. The molecule has 4 rings (SSSR count). The minimum atomic E-state index is -1.69. The van der Waals surface area contributed by atoms with Gasteiger partial charge in [-0.3, -0.25) is 0 Å². The summed E-state index contributed by atoms with van der Waals surface area (Å²) >= 11 is 0. The Hall–Kier alpha value is -3.06. The van der Waals surface area contributed by atoms with Gasteiger partial charge in [-0.25, -0.2) is 4.42 Å². The first-order chi connectivity index (χ1) is 15.7. The number of fused-ring (bicyclic) bond motifs is 1. The molecule has 5 atom stereocenters. The first-order valence-electron chi connectivity index (χ1n) is 9.91. The summed E-state index contributed by atoms with van der Waals surface area (Å²) in [6.07, 6.45) is -7.65. The number of aliphatic hydroxyl groups excluding tert-OH is 4. The second-order valence-corrected chi connectivity index (χ2v) is 7.52. The molecule has 0 aliphatic carbocycles. The maximum Gasteiger partial charge on any atom is 0.402 e. The normalized spacial score (nSPS) is 24.4. The summed E-state index contributed by atoms with van der Waals surface area (Å²) in [6.45, 7) is -0.644. The van der Waals surface area contributed by atoms with Crippen LogP contribution in [-0.2, 0) is 4.74 Å². The Labute approximate surface area is 199 Å². The van der Waals surface area contributed by atoms with E-state index in [4.69, 9.17) is 18.6 Å². The molecule has 7 N–H and O–H groups in total. The number of ether oxygens (including phenoxy) is 3. The third kappa shape index (κ3) is 4.62. The minimum absolute atomic E-state index is 0. The minimum Gasteiger partial charge on any atom is -1.00 e. The van der Waals surface area contributed by atoms with Crippen molar-refractivity contribution in [2.45, 2.75) is 30.7 Å². The van der Waals surface area contributed by atoms with Gasteiger partial charge in [-0.2, -0.15) is 0 Å². The first kappa shape index (κ1) is 25.6. The number of phenols is 3. The van der Waals surface area contributed by atoms with Crippen molar-refractivity contribution < 1.29 is 66.8 Å². The van der Waals surface area contributed by atoms with Crippen LogP contribution in [-0.4, -0.2) is 80.2 Å². The SMILES string of the molecule is COc1cc(-c2[o+]c3cc(O)cc(O)c3cc2O[C@H]2O[C@@H](CO)[C@H](O)[C@@H](O)[C@@H]2O)ccc1O.[Cl-]. The van der Waals surface area contributed by atoms with Crippen LogP contribution in [0.4, 0.5) is 0 Å². The van der Waals surface area contributed by atoms with E-state index in [1.54, 1.807) is 0 Å². The van der Waals surface area contributed by atoms with Crippen molar-refractivity contribution in [3.05, 3.63) is 36.4 Å². The lowest BCUT2D eigenvalue weighted by Crippen LogP contribution is -3.00. The molecule has 2 aromatic carbocycles. The van der Waals surface area contributed by atoms with Crippen molar-refractivity contribution in [1.29, 1.82) is 0 Å². The Morgan fingerprint density at radius 1 is 0.912 bits per heavy atom. The van der Waals surface area contributed by atoms with Gasteiger partial charge in [0.2, 0.25) is 12.0 Å². The summed E-state index contributed by atoms with van der Waals surface area (Å²) in [5, 5.41) is 70.0. The topological polar surface area (TPSA) is 181 Å². The van der Waals surface area contributed by atoms with E-state index in [0.717, 1.165) is 6.07 Å². The monoisotopic (exact) mass is 498 g/mol. The molecule has 184 valence electrons. The van der Waals surface area contributed by atoms with Crippen LogP contribution in [0.25, 0.3) is 22.3 Å². The predicted octanol–water partition coefficient (Wildman–Crippen LogP) is -2.31. The van der Waals surface area contributed by atoms with Gasteiger partial charge >= 0.3 is 11.3 Å². The number of methoxy groups -OCH3 is 1. The average molecular weight is 499 g/mol. The molecule has 0 unspecified atom stereocenters. The maximum absolute atomic E-state index is 10.4. The molecular formula is C22H23ClO11. The van der Waals surface area contributed by atoms with Gasteiger partial charge in [0, 0.05) is 18.2 Å². The lowest BCUT2D eigenvalue weighted by Gasteiger charge is -2.39. The second kappa shape index (κ2) is 10.1. The molecule has 2 heterocycles. The number of benzene rings is 2. The standard InChI is InChI=1S/C22H22O11.ClH/c1-30-15-4-9(2-3-12(15)25)21-16(7-11-13(26)5-10(24)6-14(11)31-21)32-22-20(29)19(28)18(27)17(8-23)33-22;/h2-7,17-20,22-23,27-29H,8H2,1H3,(H2-,24,25,26);1H/t17-,18-,19+,20-,22-;/m0./s1. The molecule has 0 radical (unpaired) electrons. The lowest BCUT2D eigenvalue weighted by molar-refractivity contribution is -0.277. The van der Waals surface area contributed by atoms with Crippen LogP contribution in [0.5, 0.6) is 28.7 Å². The molecule has 11 nitrogen and oxygen atoms in total. The van der Waals surface area contributed by atoms with Crippen molar-refractivity contribution >= 4 is 11.0 Å². The quantitative estimate of drug-likeness (QED) is 0.188. The highest BCUT2D eigenvalue weighted by molar-refractivity contribution is 5.88. The van der Waals surface area contributed by atoms with Crippen molar-refractivity contribution in [2.75, 3.05) is 13.7 Å². The van der Waals surface area contributed by atoms with Crippen LogP contribution < -0.4 is 21.9 Å². The highest BCUT2D eigenvalue weighted by Crippen LogP contribution is 2.42. The van der Waals surface area contributed by atoms with Crippen LogP contribution >= 0.6 is 0 Å². The smallest absolute Gasteiger partial charge is 0.402 e. The second-order valence-electron chi connectivity index (χ2n) is 7.52. The molecule has 0 saturated carbocycles. The Morgan fingerprint density at radius 3 is 2.32 bits per heavy atom. The van der Waals surface area contributed by atoms with Gasteiger partial charge in [0.15, 0.2) is 11.5 Å². The maximum atomic E-state index is 10.4. The largest absolute Gasteiger partial charge is 1.00 e. The third-order valence-electron chi connectivity index (χ3n) is 5.35.